The normalized spacial score (nSPS) is 13.9. The average Bonchev–Trinajstić information content (AvgIpc) is 3.18. The molecule has 0 bridgehead atoms. The summed E-state index contributed by atoms with van der Waals surface area (Å²) in [5.74, 6) is -2.87. The van der Waals surface area contributed by atoms with Gasteiger partial charge in [0.2, 0.25) is 5.91 Å². The molecule has 0 aromatic heterocycles. The van der Waals surface area contributed by atoms with E-state index in [2.05, 4.69) is 16.0 Å². The van der Waals surface area contributed by atoms with Crippen LogP contribution in [0, 0.1) is 5.92 Å². The molecule has 0 saturated heterocycles. The number of nitrogens with one attached hydrogen (secondary N) is 3. The molecule has 0 radical (unpaired) electrons. The summed E-state index contributed by atoms with van der Waals surface area (Å²) in [7, 11) is -4.25. The average molecular weight is 747 g/mol. The molecule has 278 valence electrons. The van der Waals surface area contributed by atoms with E-state index in [0.717, 1.165) is 21.4 Å². The first-order chi connectivity index (χ1) is 26.1. The monoisotopic (exact) mass is 746 g/mol. The number of para-hydroxylation sites is 1. The largest absolute Gasteiger partial charge is 0.348 e. The van der Waals surface area contributed by atoms with E-state index in [-0.39, 0.29) is 38.5 Å². The third-order valence-corrected chi connectivity index (χ3v) is 11.2. The number of nitrogens with zero attached hydrogens (tertiary/aromatic N) is 1. The van der Waals surface area contributed by atoms with Crippen LogP contribution in [-0.2, 0) is 31.6 Å². The van der Waals surface area contributed by atoms with E-state index >= 15 is 4.57 Å². The molecule has 1 aliphatic rings. The molecule has 1 heterocycles. The molecule has 5 aromatic rings. The Morgan fingerprint density at radius 1 is 0.704 bits per heavy atom. The van der Waals surface area contributed by atoms with Crippen LogP contribution >= 0.6 is 7.60 Å². The predicted molar refractivity (Wildman–Crippen MR) is 208 cm³/mol. The minimum Gasteiger partial charge on any atom is -0.308 e. The van der Waals surface area contributed by atoms with Gasteiger partial charge in [-0.2, -0.15) is 0 Å². The molecule has 0 fully saturated rings. The van der Waals surface area contributed by atoms with Gasteiger partial charge in [0.15, 0.2) is 0 Å². The smallest absolute Gasteiger partial charge is 0.308 e. The van der Waals surface area contributed by atoms with Crippen molar-refractivity contribution in [3.05, 3.63) is 150 Å². The third kappa shape index (κ3) is 9.37. The molecule has 0 saturated carbocycles. The summed E-state index contributed by atoms with van der Waals surface area (Å²) >= 11 is 0. The lowest BCUT2D eigenvalue weighted by molar-refractivity contribution is -0.122. The molecular weight excluding hydrogens is 703 g/mol. The summed E-state index contributed by atoms with van der Waals surface area (Å²) in [6.45, 7) is 3.51. The predicted octanol–water partition coefficient (Wildman–Crippen LogP) is 8.13. The summed E-state index contributed by atoms with van der Waals surface area (Å²) in [6.07, 6.45) is 0.143. The van der Waals surface area contributed by atoms with Crippen LogP contribution in [-0.4, -0.2) is 47.0 Å². The van der Waals surface area contributed by atoms with E-state index in [1.165, 1.54) is 0 Å². The van der Waals surface area contributed by atoms with Gasteiger partial charge in [-0.05, 0) is 59.5 Å². The Morgan fingerprint density at radius 2 is 1.22 bits per heavy atom. The van der Waals surface area contributed by atoms with E-state index < -0.39 is 43.2 Å². The van der Waals surface area contributed by atoms with Crippen molar-refractivity contribution in [2.75, 3.05) is 11.9 Å². The number of benzene rings is 5. The molecule has 6 rings (SSSR count). The second-order valence-corrected chi connectivity index (χ2v) is 15.7. The first-order valence-corrected chi connectivity index (χ1v) is 19.5. The summed E-state index contributed by atoms with van der Waals surface area (Å²) < 4.78 is 27.7. The lowest BCUT2D eigenvalue weighted by atomic mass is 9.94. The number of imide groups is 2. The fourth-order valence-corrected chi connectivity index (χ4v) is 8.29. The molecule has 2 atom stereocenters. The van der Waals surface area contributed by atoms with Crippen molar-refractivity contribution in [2.45, 2.75) is 51.7 Å². The molecule has 3 N–H and O–H groups in total. The molecule has 5 amide bonds. The Bertz CT molecular complexity index is 2050. The first-order valence-electron chi connectivity index (χ1n) is 17.9. The topological polar surface area (TPSA) is 143 Å². The van der Waals surface area contributed by atoms with Gasteiger partial charge in [0.1, 0.15) is 5.78 Å². The summed E-state index contributed by atoms with van der Waals surface area (Å²) in [6, 6.07) is 35.9. The standard InChI is InChI=1S/C42H43N4O7P/c1-29(2)26-36(39(47)45-42(50)43-33-20-10-5-11-21-33)44-37(24-25-46-40(48)34-22-12-18-32-19-13-23-35(38(32)34)41(46)49)54(51,52-27-30-14-6-3-7-15-30)53-28-31-16-8-4-9-17-31/h3-23,29,36-37,44H,24-28H2,1-2H3,(H2,43,45,47,50)/t36-,37-/m0/s1. The van der Waals surface area contributed by atoms with Crippen LogP contribution in [0.3, 0.4) is 0 Å². The fraction of sp³-hybridized carbons (Fsp3) is 0.238. The fourth-order valence-electron chi connectivity index (χ4n) is 6.40. The number of carbonyl (C=O) groups is 4. The van der Waals surface area contributed by atoms with Crippen LogP contribution in [0.25, 0.3) is 10.8 Å². The Morgan fingerprint density at radius 3 is 1.74 bits per heavy atom. The van der Waals surface area contributed by atoms with Crippen LogP contribution in [0.5, 0.6) is 0 Å². The maximum Gasteiger partial charge on any atom is 0.348 e. The molecule has 0 spiro atoms. The highest BCUT2D eigenvalue weighted by Crippen LogP contribution is 2.55. The van der Waals surface area contributed by atoms with Crippen molar-refractivity contribution in [2.24, 2.45) is 5.92 Å². The quantitative estimate of drug-likeness (QED) is 0.0679. The first kappa shape index (κ1) is 38.3. The number of anilines is 1. The van der Waals surface area contributed by atoms with Crippen molar-refractivity contribution >= 4 is 47.8 Å². The number of hydrogen-bond acceptors (Lipinski definition) is 8. The SMILES string of the molecule is CC(C)C[C@H](N[C@H](CCN1C(=O)c2cccc3cccc(c23)C1=O)P(=O)(OCc1ccccc1)OCc1ccccc1)C(=O)NC(=O)Nc1ccccc1. The second-order valence-electron chi connectivity index (χ2n) is 13.5. The van der Waals surface area contributed by atoms with Gasteiger partial charge in [0, 0.05) is 28.7 Å². The van der Waals surface area contributed by atoms with E-state index in [9.17, 15) is 19.2 Å². The van der Waals surface area contributed by atoms with Crippen molar-refractivity contribution in [3.63, 3.8) is 0 Å². The minimum atomic E-state index is -4.25. The Balaban J connectivity index is 1.32. The van der Waals surface area contributed by atoms with E-state index in [1.54, 1.807) is 54.6 Å². The lowest BCUT2D eigenvalue weighted by Crippen LogP contribution is -2.52. The van der Waals surface area contributed by atoms with Crippen LogP contribution in [0.15, 0.2) is 127 Å². The summed E-state index contributed by atoms with van der Waals surface area (Å²) in [4.78, 5) is 55.7. The highest BCUT2D eigenvalue weighted by molar-refractivity contribution is 7.54. The highest BCUT2D eigenvalue weighted by atomic mass is 31.2. The van der Waals surface area contributed by atoms with Crippen molar-refractivity contribution in [1.82, 2.24) is 15.5 Å². The molecule has 0 aliphatic carbocycles. The number of rotatable bonds is 16. The Labute approximate surface area is 314 Å². The summed E-state index contributed by atoms with van der Waals surface area (Å²) in [5, 5.41) is 9.64. The number of urea groups is 1. The van der Waals surface area contributed by atoms with Crippen LogP contribution in [0.4, 0.5) is 10.5 Å². The Hall–Kier alpha value is -5.45. The molecular formula is C42H43N4O7P. The van der Waals surface area contributed by atoms with Gasteiger partial charge < -0.3 is 14.4 Å². The second kappa shape index (κ2) is 17.6. The number of hydrogen-bond donors (Lipinski definition) is 3. The molecule has 12 heteroatoms. The zero-order chi connectivity index (χ0) is 38.1. The van der Waals surface area contributed by atoms with Crippen molar-refractivity contribution < 1.29 is 32.8 Å². The van der Waals surface area contributed by atoms with Crippen molar-refractivity contribution in [1.29, 1.82) is 0 Å². The summed E-state index contributed by atoms with van der Waals surface area (Å²) in [5.41, 5.74) is 2.74. The number of carbonyl (C=O) groups excluding carboxylic acids is 4. The van der Waals surface area contributed by atoms with Gasteiger partial charge in [0.25, 0.3) is 11.8 Å². The van der Waals surface area contributed by atoms with Gasteiger partial charge in [0.05, 0.1) is 19.3 Å². The number of amides is 5. The van der Waals surface area contributed by atoms with Gasteiger partial charge in [-0.25, -0.2) is 4.79 Å². The van der Waals surface area contributed by atoms with Gasteiger partial charge in [-0.15, -0.1) is 0 Å². The van der Waals surface area contributed by atoms with Gasteiger partial charge in [-0.1, -0.05) is 117 Å². The zero-order valence-corrected chi connectivity index (χ0v) is 31.0. The van der Waals surface area contributed by atoms with E-state index in [0.29, 0.717) is 22.2 Å². The molecule has 0 unspecified atom stereocenters. The van der Waals surface area contributed by atoms with Crippen molar-refractivity contribution in [3.8, 4) is 0 Å². The highest BCUT2D eigenvalue weighted by Gasteiger charge is 2.41. The van der Waals surface area contributed by atoms with E-state index in [4.69, 9.17) is 9.05 Å². The Kier molecular flexibility index (Phi) is 12.5. The van der Waals surface area contributed by atoms with Gasteiger partial charge >= 0.3 is 13.6 Å². The van der Waals surface area contributed by atoms with Crippen LogP contribution < -0.4 is 16.0 Å². The maximum atomic E-state index is 15.2. The molecule has 1 aliphatic heterocycles. The third-order valence-electron chi connectivity index (χ3n) is 9.06. The minimum absolute atomic E-state index is 0.0387. The zero-order valence-electron chi connectivity index (χ0n) is 30.1. The van der Waals surface area contributed by atoms with E-state index in [1.807, 2.05) is 86.6 Å². The lowest BCUT2D eigenvalue weighted by Gasteiger charge is -2.33. The molecule has 11 nitrogen and oxygen atoms in total. The molecule has 54 heavy (non-hydrogen) atoms. The van der Waals surface area contributed by atoms with Gasteiger partial charge in [-0.3, -0.25) is 34.5 Å². The van der Waals surface area contributed by atoms with Crippen LogP contribution in [0.2, 0.25) is 0 Å². The molecule has 5 aromatic carbocycles. The maximum absolute atomic E-state index is 15.2. The van der Waals surface area contributed by atoms with Crippen LogP contribution in [0.1, 0.15) is 58.5 Å².